The summed E-state index contributed by atoms with van der Waals surface area (Å²) in [5, 5.41) is 21.0. The molecule has 0 radical (unpaired) electrons. The number of benzene rings is 1. The molecule has 2 aromatic heterocycles. The summed E-state index contributed by atoms with van der Waals surface area (Å²) in [6, 6.07) is 7.90. The quantitative estimate of drug-likeness (QED) is 0.587. The maximum absolute atomic E-state index is 11.1. The Morgan fingerprint density at radius 3 is 2.68 bits per heavy atom. The van der Waals surface area contributed by atoms with E-state index in [0.29, 0.717) is 28.0 Å². The van der Waals surface area contributed by atoms with Gasteiger partial charge in [-0.3, -0.25) is 20.1 Å². The summed E-state index contributed by atoms with van der Waals surface area (Å²) < 4.78 is 5.73. The summed E-state index contributed by atoms with van der Waals surface area (Å²) in [7, 11) is 0. The molecule has 7 nitrogen and oxygen atoms in total. The molecular weight excluding hydrogens is 286 g/mol. The molecule has 0 spiro atoms. The van der Waals surface area contributed by atoms with Gasteiger partial charge in [0.15, 0.2) is 0 Å². The van der Waals surface area contributed by atoms with Gasteiger partial charge < -0.3 is 9.84 Å². The molecule has 3 rings (SSSR count). The smallest absolute Gasteiger partial charge is 0.279 e. The first-order valence-electron chi connectivity index (χ1n) is 6.44. The Bertz CT molecular complexity index is 834. The van der Waals surface area contributed by atoms with Crippen molar-refractivity contribution in [2.24, 2.45) is 0 Å². The van der Waals surface area contributed by atoms with Crippen LogP contribution in [0.2, 0.25) is 0 Å². The van der Waals surface area contributed by atoms with Crippen LogP contribution in [0, 0.1) is 10.1 Å². The third-order valence-electron chi connectivity index (χ3n) is 3.14. The predicted molar refractivity (Wildman–Crippen MR) is 78.6 cm³/mol. The molecule has 3 aromatic rings. The number of rotatable bonds is 4. The Morgan fingerprint density at radius 1 is 1.14 bits per heavy atom. The van der Waals surface area contributed by atoms with E-state index in [1.54, 1.807) is 30.5 Å². The van der Waals surface area contributed by atoms with Gasteiger partial charge in [0.1, 0.15) is 11.5 Å². The number of hydrogen-bond acceptors (Lipinski definition) is 6. The number of non-ortho nitro benzene ring substituents is 1. The van der Waals surface area contributed by atoms with Gasteiger partial charge >= 0.3 is 0 Å². The lowest BCUT2D eigenvalue weighted by Crippen LogP contribution is -1.94. The number of hydrogen-bond donors (Lipinski definition) is 1. The van der Waals surface area contributed by atoms with Crippen LogP contribution in [0.15, 0.2) is 48.9 Å². The van der Waals surface area contributed by atoms with Gasteiger partial charge in [-0.2, -0.15) is 0 Å². The molecule has 1 aromatic carbocycles. The summed E-state index contributed by atoms with van der Waals surface area (Å²) >= 11 is 0. The van der Waals surface area contributed by atoms with E-state index in [4.69, 9.17) is 9.84 Å². The molecule has 0 bridgehead atoms. The fraction of sp³-hybridized carbons (Fsp3) is 0.0667. The van der Waals surface area contributed by atoms with E-state index in [-0.39, 0.29) is 12.3 Å². The summed E-state index contributed by atoms with van der Waals surface area (Å²) in [4.78, 5) is 18.6. The Morgan fingerprint density at radius 2 is 2.00 bits per heavy atom. The fourth-order valence-corrected chi connectivity index (χ4v) is 2.09. The van der Waals surface area contributed by atoms with E-state index in [2.05, 4.69) is 9.97 Å². The normalized spacial score (nSPS) is 10.6. The van der Waals surface area contributed by atoms with Crippen molar-refractivity contribution in [2.75, 3.05) is 0 Å². The molecule has 0 fully saturated rings. The van der Waals surface area contributed by atoms with E-state index in [9.17, 15) is 10.1 Å². The maximum atomic E-state index is 11.1. The lowest BCUT2D eigenvalue weighted by molar-refractivity contribution is -0.383. The van der Waals surface area contributed by atoms with Gasteiger partial charge in [0.05, 0.1) is 28.8 Å². The standard InChI is InChI=1S/C15H11N3O4/c19-9-10-1-2-11(7-17-10)22-15-4-3-14(18(20)21)13-8-16-6-5-12(13)15/h1-8,19H,9H2. The highest BCUT2D eigenvalue weighted by Crippen LogP contribution is 2.34. The van der Waals surface area contributed by atoms with Crippen LogP contribution in [0.4, 0.5) is 5.69 Å². The zero-order valence-corrected chi connectivity index (χ0v) is 11.3. The van der Waals surface area contributed by atoms with E-state index in [1.807, 2.05) is 0 Å². The first-order chi connectivity index (χ1) is 10.7. The molecule has 2 heterocycles. The zero-order chi connectivity index (χ0) is 15.5. The molecule has 0 saturated heterocycles. The molecule has 7 heteroatoms. The average Bonchev–Trinajstić information content (AvgIpc) is 2.55. The number of nitro groups is 1. The SMILES string of the molecule is O=[N+]([O-])c1ccc(Oc2ccc(CO)nc2)c2ccncc12. The summed E-state index contributed by atoms with van der Waals surface area (Å²) in [6.45, 7) is -0.146. The molecule has 0 saturated carbocycles. The van der Waals surface area contributed by atoms with Crippen LogP contribution in [0.25, 0.3) is 10.8 Å². The third-order valence-corrected chi connectivity index (χ3v) is 3.14. The second kappa shape index (κ2) is 5.74. The van der Waals surface area contributed by atoms with Crippen LogP contribution in [0.1, 0.15) is 5.69 Å². The lowest BCUT2D eigenvalue weighted by Gasteiger charge is -2.09. The largest absolute Gasteiger partial charge is 0.455 e. The maximum Gasteiger partial charge on any atom is 0.279 e. The molecule has 0 atom stereocenters. The third kappa shape index (κ3) is 2.57. The van der Waals surface area contributed by atoms with Crippen LogP contribution in [0.3, 0.4) is 0 Å². The minimum Gasteiger partial charge on any atom is -0.455 e. The van der Waals surface area contributed by atoms with Gasteiger partial charge in [-0.05, 0) is 24.3 Å². The van der Waals surface area contributed by atoms with Crippen molar-refractivity contribution in [3.8, 4) is 11.5 Å². The Balaban J connectivity index is 2.03. The molecule has 0 aliphatic rings. The van der Waals surface area contributed by atoms with Gasteiger partial charge in [-0.15, -0.1) is 0 Å². The van der Waals surface area contributed by atoms with Gasteiger partial charge in [0.2, 0.25) is 0 Å². The molecule has 0 amide bonds. The lowest BCUT2D eigenvalue weighted by atomic mass is 10.1. The van der Waals surface area contributed by atoms with Crippen LogP contribution in [-0.4, -0.2) is 20.0 Å². The summed E-state index contributed by atoms with van der Waals surface area (Å²) in [6.07, 6.45) is 4.47. The highest BCUT2D eigenvalue weighted by atomic mass is 16.6. The zero-order valence-electron chi connectivity index (χ0n) is 11.3. The second-order valence-corrected chi connectivity index (χ2v) is 4.51. The second-order valence-electron chi connectivity index (χ2n) is 4.51. The van der Waals surface area contributed by atoms with E-state index < -0.39 is 4.92 Å². The molecule has 110 valence electrons. The van der Waals surface area contributed by atoms with Crippen LogP contribution >= 0.6 is 0 Å². The van der Waals surface area contributed by atoms with Crippen LogP contribution < -0.4 is 4.74 Å². The monoisotopic (exact) mass is 297 g/mol. The van der Waals surface area contributed by atoms with Crippen molar-refractivity contribution in [3.05, 3.63) is 64.7 Å². The Labute approximate surface area is 125 Å². The number of nitrogens with zero attached hydrogens (tertiary/aromatic N) is 3. The number of pyridine rings is 2. The van der Waals surface area contributed by atoms with Crippen molar-refractivity contribution < 1.29 is 14.8 Å². The fourth-order valence-electron chi connectivity index (χ4n) is 2.09. The van der Waals surface area contributed by atoms with Crippen LogP contribution in [0.5, 0.6) is 11.5 Å². The Hall–Kier alpha value is -3.06. The van der Waals surface area contributed by atoms with E-state index in [0.717, 1.165) is 0 Å². The summed E-state index contributed by atoms with van der Waals surface area (Å²) in [5.74, 6) is 0.950. The molecular formula is C15H11N3O4. The molecule has 1 N–H and O–H groups in total. The van der Waals surface area contributed by atoms with Crippen molar-refractivity contribution in [3.63, 3.8) is 0 Å². The van der Waals surface area contributed by atoms with Gasteiger partial charge in [-0.25, -0.2) is 0 Å². The molecule has 0 aliphatic heterocycles. The number of ether oxygens (including phenoxy) is 1. The predicted octanol–water partition coefficient (Wildman–Crippen LogP) is 2.82. The number of aliphatic hydroxyl groups is 1. The van der Waals surface area contributed by atoms with Gasteiger partial charge in [0.25, 0.3) is 5.69 Å². The van der Waals surface area contributed by atoms with E-state index in [1.165, 1.54) is 18.5 Å². The van der Waals surface area contributed by atoms with Crippen molar-refractivity contribution in [1.82, 2.24) is 9.97 Å². The molecule has 0 aliphatic carbocycles. The van der Waals surface area contributed by atoms with Crippen molar-refractivity contribution in [1.29, 1.82) is 0 Å². The highest BCUT2D eigenvalue weighted by molar-refractivity contribution is 5.94. The van der Waals surface area contributed by atoms with Gasteiger partial charge in [0, 0.05) is 23.8 Å². The highest BCUT2D eigenvalue weighted by Gasteiger charge is 2.15. The Kier molecular flexibility index (Phi) is 3.63. The first-order valence-corrected chi connectivity index (χ1v) is 6.44. The first kappa shape index (κ1) is 13.9. The average molecular weight is 297 g/mol. The summed E-state index contributed by atoms with van der Waals surface area (Å²) in [5.41, 5.74) is 0.509. The number of nitro benzene ring substituents is 1. The van der Waals surface area contributed by atoms with Gasteiger partial charge in [-0.1, -0.05) is 0 Å². The van der Waals surface area contributed by atoms with E-state index >= 15 is 0 Å². The number of aromatic nitrogens is 2. The van der Waals surface area contributed by atoms with Crippen molar-refractivity contribution >= 4 is 16.5 Å². The topological polar surface area (TPSA) is 98.4 Å². The van der Waals surface area contributed by atoms with Crippen molar-refractivity contribution in [2.45, 2.75) is 6.61 Å². The minimum absolute atomic E-state index is 0.0239. The molecule has 0 unspecified atom stereocenters. The molecule has 22 heavy (non-hydrogen) atoms. The van der Waals surface area contributed by atoms with Crippen LogP contribution in [-0.2, 0) is 6.61 Å². The minimum atomic E-state index is -0.453. The number of fused-ring (bicyclic) bond motifs is 1. The number of aliphatic hydroxyl groups excluding tert-OH is 1.